The molecule has 2 rings (SSSR count). The molecule has 1 heterocycles. The molecule has 3 N–H and O–H groups in total. The lowest BCUT2D eigenvalue weighted by atomic mass is 10.1. The van der Waals surface area contributed by atoms with Gasteiger partial charge in [0.05, 0.1) is 5.69 Å². The van der Waals surface area contributed by atoms with Crippen LogP contribution >= 0.6 is 11.3 Å². The van der Waals surface area contributed by atoms with Crippen LogP contribution in [-0.2, 0) is 0 Å². The van der Waals surface area contributed by atoms with E-state index in [1.807, 2.05) is 32.2 Å². The Morgan fingerprint density at radius 3 is 2.89 bits per heavy atom. The zero-order chi connectivity index (χ0) is 14.0. The molecule has 0 radical (unpaired) electrons. The molecule has 0 bridgehead atoms. The summed E-state index contributed by atoms with van der Waals surface area (Å²) in [7, 11) is 3.67. The number of hydrogen-bond acceptors (Lipinski definition) is 4. The van der Waals surface area contributed by atoms with Crippen LogP contribution < -0.4 is 11.1 Å². The number of carbonyl (C=O) groups excluding carboxylic acids is 1. The average Bonchev–Trinajstić information content (AvgIpc) is 2.72. The van der Waals surface area contributed by atoms with Gasteiger partial charge in [-0.15, -0.1) is 11.3 Å². The van der Waals surface area contributed by atoms with Gasteiger partial charge in [0.25, 0.3) is 5.91 Å². The van der Waals surface area contributed by atoms with Crippen molar-refractivity contribution in [2.75, 3.05) is 32.9 Å². The third-order valence-corrected chi connectivity index (χ3v) is 4.29. The first-order chi connectivity index (χ1) is 9.04. The van der Waals surface area contributed by atoms with Crippen molar-refractivity contribution in [2.24, 2.45) is 0 Å². The molecule has 5 heteroatoms. The molecule has 19 heavy (non-hydrogen) atoms. The first kappa shape index (κ1) is 13.8. The fourth-order valence-corrected chi connectivity index (χ4v) is 3.04. The van der Waals surface area contributed by atoms with Gasteiger partial charge in [-0.3, -0.25) is 4.79 Å². The summed E-state index contributed by atoms with van der Waals surface area (Å²) in [4.78, 5) is 14.7. The maximum absolute atomic E-state index is 12.4. The van der Waals surface area contributed by atoms with Crippen LogP contribution in [0.3, 0.4) is 0 Å². The van der Waals surface area contributed by atoms with Crippen LogP contribution in [0.1, 0.15) is 15.2 Å². The largest absolute Gasteiger partial charge is 0.397 e. The summed E-state index contributed by atoms with van der Waals surface area (Å²) < 4.78 is 1.06. The van der Waals surface area contributed by atoms with Crippen LogP contribution in [0.5, 0.6) is 0 Å². The van der Waals surface area contributed by atoms with E-state index in [1.165, 1.54) is 11.3 Å². The zero-order valence-electron chi connectivity index (χ0n) is 11.5. The van der Waals surface area contributed by atoms with E-state index in [9.17, 15) is 4.79 Å². The number of anilines is 1. The minimum atomic E-state index is -0.00777. The lowest BCUT2D eigenvalue weighted by Gasteiger charge is -2.16. The van der Waals surface area contributed by atoms with Crippen LogP contribution in [0.2, 0.25) is 0 Å². The highest BCUT2D eigenvalue weighted by atomic mass is 32.1. The van der Waals surface area contributed by atoms with Crippen molar-refractivity contribution in [3.63, 3.8) is 0 Å². The minimum absolute atomic E-state index is 0.00777. The SMILES string of the molecule is CNCCN(C)C(=O)c1sc2ccc(C)cc2c1N. The van der Waals surface area contributed by atoms with E-state index in [2.05, 4.69) is 5.32 Å². The van der Waals surface area contributed by atoms with Gasteiger partial charge in [-0.2, -0.15) is 0 Å². The highest BCUT2D eigenvalue weighted by molar-refractivity contribution is 7.21. The van der Waals surface area contributed by atoms with Gasteiger partial charge in [0, 0.05) is 30.2 Å². The van der Waals surface area contributed by atoms with Gasteiger partial charge in [0.1, 0.15) is 4.88 Å². The van der Waals surface area contributed by atoms with E-state index < -0.39 is 0 Å². The van der Waals surface area contributed by atoms with Gasteiger partial charge in [0.2, 0.25) is 0 Å². The van der Waals surface area contributed by atoms with Crippen molar-refractivity contribution < 1.29 is 4.79 Å². The quantitative estimate of drug-likeness (QED) is 0.899. The van der Waals surface area contributed by atoms with Crippen molar-refractivity contribution in [1.82, 2.24) is 10.2 Å². The van der Waals surface area contributed by atoms with Crippen molar-refractivity contribution in [3.8, 4) is 0 Å². The molecule has 0 saturated heterocycles. The third-order valence-electron chi connectivity index (χ3n) is 3.12. The van der Waals surface area contributed by atoms with Crippen molar-refractivity contribution >= 4 is 33.0 Å². The standard InChI is InChI=1S/C14H19N3OS/c1-9-4-5-11-10(8-9)12(15)13(19-11)14(18)17(3)7-6-16-2/h4-5,8,16H,6-7,15H2,1-3H3. The highest BCUT2D eigenvalue weighted by Gasteiger charge is 2.19. The molecule has 0 saturated carbocycles. The van der Waals surface area contributed by atoms with E-state index in [-0.39, 0.29) is 5.91 Å². The molecule has 0 fully saturated rings. The molecule has 1 aromatic heterocycles. The minimum Gasteiger partial charge on any atom is -0.397 e. The van der Waals surface area contributed by atoms with E-state index >= 15 is 0 Å². The number of likely N-dealkylation sites (N-methyl/N-ethyl adjacent to an activating group) is 2. The topological polar surface area (TPSA) is 58.4 Å². The smallest absolute Gasteiger partial charge is 0.265 e. The molecule has 1 aromatic carbocycles. The monoisotopic (exact) mass is 277 g/mol. The maximum atomic E-state index is 12.4. The number of benzene rings is 1. The van der Waals surface area contributed by atoms with Crippen molar-refractivity contribution in [3.05, 3.63) is 28.6 Å². The Hall–Kier alpha value is -1.59. The van der Waals surface area contributed by atoms with Gasteiger partial charge < -0.3 is 16.0 Å². The Bertz CT molecular complexity index is 606. The number of hydrogen-bond donors (Lipinski definition) is 2. The summed E-state index contributed by atoms with van der Waals surface area (Å²) in [6, 6.07) is 6.10. The predicted molar refractivity (Wildman–Crippen MR) is 81.9 cm³/mol. The highest BCUT2D eigenvalue weighted by Crippen LogP contribution is 2.34. The van der Waals surface area contributed by atoms with Crippen LogP contribution in [0.25, 0.3) is 10.1 Å². The fraction of sp³-hybridized carbons (Fsp3) is 0.357. The van der Waals surface area contributed by atoms with E-state index in [0.717, 1.165) is 22.2 Å². The summed E-state index contributed by atoms with van der Waals surface area (Å²) in [5.41, 5.74) is 7.88. The molecular weight excluding hydrogens is 258 g/mol. The van der Waals surface area contributed by atoms with Gasteiger partial charge in [0.15, 0.2) is 0 Å². The lowest BCUT2D eigenvalue weighted by molar-refractivity contribution is 0.0802. The predicted octanol–water partition coefficient (Wildman–Crippen LogP) is 2.08. The summed E-state index contributed by atoms with van der Waals surface area (Å²) >= 11 is 1.47. The number of nitrogen functional groups attached to an aromatic ring is 1. The van der Waals surface area contributed by atoms with Gasteiger partial charge in [-0.05, 0) is 26.1 Å². The van der Waals surface area contributed by atoms with Crippen LogP contribution in [-0.4, -0.2) is 38.0 Å². The van der Waals surface area contributed by atoms with Crippen molar-refractivity contribution in [1.29, 1.82) is 0 Å². The molecule has 2 aromatic rings. The normalized spacial score (nSPS) is 10.9. The van der Waals surface area contributed by atoms with Crippen LogP contribution in [0, 0.1) is 6.92 Å². The second kappa shape index (κ2) is 5.59. The van der Waals surface area contributed by atoms with E-state index in [0.29, 0.717) is 17.1 Å². The Kier molecular flexibility index (Phi) is 4.07. The number of fused-ring (bicyclic) bond motifs is 1. The maximum Gasteiger partial charge on any atom is 0.265 e. The molecule has 1 amide bonds. The zero-order valence-corrected chi connectivity index (χ0v) is 12.3. The van der Waals surface area contributed by atoms with Crippen LogP contribution in [0.15, 0.2) is 18.2 Å². The summed E-state index contributed by atoms with van der Waals surface area (Å²) in [6.07, 6.45) is 0. The Balaban J connectivity index is 2.34. The number of nitrogens with two attached hydrogens (primary N) is 1. The molecule has 0 aliphatic carbocycles. The Labute approximate surface area is 117 Å². The summed E-state index contributed by atoms with van der Waals surface area (Å²) in [5, 5.41) is 4.01. The first-order valence-corrected chi connectivity index (χ1v) is 7.05. The Morgan fingerprint density at radius 2 is 2.21 bits per heavy atom. The van der Waals surface area contributed by atoms with E-state index in [1.54, 1.807) is 11.9 Å². The van der Waals surface area contributed by atoms with Crippen LogP contribution in [0.4, 0.5) is 5.69 Å². The number of aryl methyl sites for hydroxylation is 1. The first-order valence-electron chi connectivity index (χ1n) is 6.23. The molecule has 0 aliphatic heterocycles. The van der Waals surface area contributed by atoms with E-state index in [4.69, 9.17) is 5.73 Å². The average molecular weight is 277 g/mol. The second-order valence-electron chi connectivity index (χ2n) is 4.67. The number of rotatable bonds is 4. The molecular formula is C14H19N3OS. The van der Waals surface area contributed by atoms with Crippen molar-refractivity contribution in [2.45, 2.75) is 6.92 Å². The molecule has 0 spiro atoms. The lowest BCUT2D eigenvalue weighted by Crippen LogP contribution is -2.32. The molecule has 102 valence electrons. The second-order valence-corrected chi connectivity index (χ2v) is 5.73. The number of nitrogens with zero attached hydrogens (tertiary/aromatic N) is 1. The summed E-state index contributed by atoms with van der Waals surface area (Å²) in [5.74, 6) is -0.00777. The summed E-state index contributed by atoms with van der Waals surface area (Å²) in [6.45, 7) is 3.46. The number of thiophene rings is 1. The number of carbonyl (C=O) groups is 1. The number of amides is 1. The molecule has 0 atom stereocenters. The Morgan fingerprint density at radius 1 is 1.47 bits per heavy atom. The fourth-order valence-electron chi connectivity index (χ4n) is 1.94. The van der Waals surface area contributed by atoms with Gasteiger partial charge in [-0.25, -0.2) is 0 Å². The molecule has 0 aliphatic rings. The molecule has 0 unspecified atom stereocenters. The van der Waals surface area contributed by atoms with Gasteiger partial charge >= 0.3 is 0 Å². The third kappa shape index (κ3) is 2.72. The number of nitrogens with one attached hydrogen (secondary N) is 1. The van der Waals surface area contributed by atoms with Gasteiger partial charge in [-0.1, -0.05) is 11.6 Å². The molecule has 4 nitrogen and oxygen atoms in total.